The fourth-order valence-electron chi connectivity index (χ4n) is 4.44. The summed E-state index contributed by atoms with van der Waals surface area (Å²) in [5.41, 5.74) is 3.83. The van der Waals surface area contributed by atoms with Crippen LogP contribution in [0.25, 0.3) is 0 Å². The van der Waals surface area contributed by atoms with Crippen LogP contribution in [0, 0.1) is 13.8 Å². The summed E-state index contributed by atoms with van der Waals surface area (Å²) in [6, 6.07) is 38.8. The van der Waals surface area contributed by atoms with Crippen molar-refractivity contribution in [2.24, 2.45) is 0 Å². The Morgan fingerprint density at radius 2 is 0.897 bits per heavy atom. The van der Waals surface area contributed by atoms with Crippen LogP contribution in [0.15, 0.2) is 109 Å². The van der Waals surface area contributed by atoms with Crippen molar-refractivity contribution < 1.29 is 0 Å². The van der Waals surface area contributed by atoms with Crippen LogP contribution in [0.5, 0.6) is 0 Å². The van der Waals surface area contributed by atoms with Crippen molar-refractivity contribution in [1.29, 1.82) is 0 Å². The average Bonchev–Trinajstić information content (AvgIpc) is 2.75. The van der Waals surface area contributed by atoms with Crippen molar-refractivity contribution >= 4 is 33.1 Å². The number of hydrogen-bond acceptors (Lipinski definition) is 0. The summed E-state index contributed by atoms with van der Waals surface area (Å²) < 4.78 is 0. The molecule has 146 valence electrons. The predicted molar refractivity (Wildman–Crippen MR) is 131 cm³/mol. The third-order valence-corrected chi connectivity index (χ3v) is 12.8. The first-order valence-corrected chi connectivity index (χ1v) is 13.3. The van der Waals surface area contributed by atoms with Gasteiger partial charge < -0.3 is 0 Å². The van der Waals surface area contributed by atoms with E-state index in [2.05, 4.69) is 123 Å². The quantitative estimate of drug-likeness (QED) is 0.326. The van der Waals surface area contributed by atoms with Crippen LogP contribution in [0.3, 0.4) is 0 Å². The third-order valence-electron chi connectivity index (χ3n) is 5.64. The predicted octanol–water partition coefficient (Wildman–Crippen LogP) is 6.49. The monoisotopic (exact) mass is 416 g/mol. The Kier molecular flexibility index (Phi) is 5.34. The summed E-state index contributed by atoms with van der Waals surface area (Å²) in [5, 5.41) is 3.62. The summed E-state index contributed by atoms with van der Waals surface area (Å²) in [4.78, 5) is 0. The zero-order chi connectivity index (χ0) is 20.3. The molecular formula is C27H26ClP. The first-order valence-electron chi connectivity index (χ1n) is 9.97. The SMILES string of the molecule is Cc1cc(C)cc(CP(Cl)(c2ccccc2)(c2ccccc2)c2ccccc2)c1. The summed E-state index contributed by atoms with van der Waals surface area (Å²) >= 11 is 8.14. The number of halogens is 1. The molecule has 0 aromatic heterocycles. The van der Waals surface area contributed by atoms with Crippen molar-refractivity contribution in [3.8, 4) is 0 Å². The second-order valence-corrected chi connectivity index (χ2v) is 14.3. The number of rotatable bonds is 5. The topological polar surface area (TPSA) is 0 Å². The molecule has 4 aromatic carbocycles. The van der Waals surface area contributed by atoms with Crippen LogP contribution in [0.1, 0.15) is 16.7 Å². The summed E-state index contributed by atoms with van der Waals surface area (Å²) in [7, 11) is 0. The van der Waals surface area contributed by atoms with Gasteiger partial charge in [0.25, 0.3) is 0 Å². The molecule has 0 heterocycles. The van der Waals surface area contributed by atoms with E-state index in [1.165, 1.54) is 32.6 Å². The van der Waals surface area contributed by atoms with Gasteiger partial charge in [-0.2, -0.15) is 0 Å². The van der Waals surface area contributed by atoms with Gasteiger partial charge >= 0.3 is 179 Å². The summed E-state index contributed by atoms with van der Waals surface area (Å²) in [5.74, 6) is -3.26. The van der Waals surface area contributed by atoms with E-state index in [1.54, 1.807) is 0 Å². The second kappa shape index (κ2) is 7.79. The Labute approximate surface area is 178 Å². The molecule has 2 heteroatoms. The summed E-state index contributed by atoms with van der Waals surface area (Å²) in [6.45, 7) is 4.32. The van der Waals surface area contributed by atoms with Crippen molar-refractivity contribution in [2.45, 2.75) is 20.0 Å². The van der Waals surface area contributed by atoms with Crippen LogP contribution in [-0.4, -0.2) is 0 Å². The van der Waals surface area contributed by atoms with E-state index < -0.39 is 5.96 Å². The Balaban J connectivity index is 2.09. The van der Waals surface area contributed by atoms with E-state index >= 15 is 0 Å². The van der Waals surface area contributed by atoms with Crippen molar-refractivity contribution in [1.82, 2.24) is 0 Å². The van der Waals surface area contributed by atoms with Crippen molar-refractivity contribution in [3.63, 3.8) is 0 Å². The van der Waals surface area contributed by atoms with E-state index in [1.807, 2.05) is 0 Å². The van der Waals surface area contributed by atoms with Gasteiger partial charge in [-0.3, -0.25) is 0 Å². The van der Waals surface area contributed by atoms with Crippen molar-refractivity contribution in [2.75, 3.05) is 0 Å². The molecule has 0 saturated carbocycles. The van der Waals surface area contributed by atoms with E-state index in [4.69, 9.17) is 11.2 Å². The molecule has 4 aromatic rings. The van der Waals surface area contributed by atoms with Crippen LogP contribution in [-0.2, 0) is 6.16 Å². The fourth-order valence-corrected chi connectivity index (χ4v) is 10.6. The molecule has 0 bridgehead atoms. The molecule has 0 N–H and O–H groups in total. The van der Waals surface area contributed by atoms with Crippen LogP contribution in [0.4, 0.5) is 0 Å². The van der Waals surface area contributed by atoms with Crippen LogP contribution in [0.2, 0.25) is 0 Å². The molecule has 0 aliphatic carbocycles. The van der Waals surface area contributed by atoms with Gasteiger partial charge in [0.15, 0.2) is 0 Å². The number of aryl methyl sites for hydroxylation is 2. The first kappa shape index (κ1) is 19.9. The molecule has 4 rings (SSSR count). The van der Waals surface area contributed by atoms with Gasteiger partial charge in [-0.25, -0.2) is 0 Å². The maximum atomic E-state index is 8.14. The Bertz CT molecular complexity index is 985. The van der Waals surface area contributed by atoms with E-state index in [0.717, 1.165) is 6.16 Å². The molecule has 0 radical (unpaired) electrons. The molecule has 0 nitrogen and oxygen atoms in total. The molecule has 0 amide bonds. The van der Waals surface area contributed by atoms with Crippen molar-refractivity contribution in [3.05, 3.63) is 126 Å². The molecule has 0 fully saturated rings. The Morgan fingerprint density at radius 1 is 0.552 bits per heavy atom. The van der Waals surface area contributed by atoms with Gasteiger partial charge in [0.2, 0.25) is 0 Å². The number of hydrogen-bond donors (Lipinski definition) is 0. The summed E-state index contributed by atoms with van der Waals surface area (Å²) in [6.07, 6.45) is 0.785. The molecule has 0 saturated heterocycles. The standard InChI is InChI=1S/C27H26ClP/c1-22-18-23(2)20-24(19-22)21-29(28,25-12-6-3-7-13-25,26-14-8-4-9-15-26)27-16-10-5-11-17-27/h3-20H,21H2,1-2H3. The van der Waals surface area contributed by atoms with Gasteiger partial charge in [-0.15, -0.1) is 0 Å². The van der Waals surface area contributed by atoms with Gasteiger partial charge in [-0.05, 0) is 0 Å². The second-order valence-electron chi connectivity index (χ2n) is 7.84. The maximum absolute atomic E-state index is 8.14. The van der Waals surface area contributed by atoms with Crippen LogP contribution < -0.4 is 15.9 Å². The molecule has 0 spiro atoms. The zero-order valence-electron chi connectivity index (χ0n) is 16.9. The molecule has 0 aliphatic heterocycles. The van der Waals surface area contributed by atoms with E-state index in [0.29, 0.717) is 0 Å². The fraction of sp³-hybridized carbons (Fsp3) is 0.111. The van der Waals surface area contributed by atoms with Gasteiger partial charge in [0.05, 0.1) is 0 Å². The minimum atomic E-state index is -3.26. The molecule has 0 aliphatic rings. The van der Waals surface area contributed by atoms with E-state index in [-0.39, 0.29) is 0 Å². The molecule has 0 unspecified atom stereocenters. The van der Waals surface area contributed by atoms with Crippen LogP contribution >= 0.6 is 17.2 Å². The zero-order valence-corrected chi connectivity index (χ0v) is 18.6. The van der Waals surface area contributed by atoms with Gasteiger partial charge in [-0.1, -0.05) is 0 Å². The average molecular weight is 417 g/mol. The number of benzene rings is 4. The molecule has 0 atom stereocenters. The normalized spacial score (nSPS) is 12.9. The minimum absolute atomic E-state index is 0.785. The molecule has 29 heavy (non-hydrogen) atoms. The third kappa shape index (κ3) is 3.52. The van der Waals surface area contributed by atoms with Gasteiger partial charge in [0.1, 0.15) is 0 Å². The Morgan fingerprint density at radius 3 is 1.24 bits per heavy atom. The van der Waals surface area contributed by atoms with E-state index in [9.17, 15) is 0 Å². The Hall–Kier alpha value is -2.40. The first-order chi connectivity index (χ1) is 14.0. The molecular weight excluding hydrogens is 391 g/mol. The van der Waals surface area contributed by atoms with Gasteiger partial charge in [0, 0.05) is 0 Å².